The maximum atomic E-state index is 11.7. The highest BCUT2D eigenvalue weighted by Crippen LogP contribution is 2.23. The van der Waals surface area contributed by atoms with Crippen molar-refractivity contribution in [2.75, 3.05) is 19.5 Å². The number of methoxy groups -OCH3 is 2. The Morgan fingerprint density at radius 1 is 1.29 bits per heavy atom. The lowest BCUT2D eigenvalue weighted by Crippen LogP contribution is -2.15. The number of ether oxygens (including phenoxy) is 2. The maximum absolute atomic E-state index is 11.7. The summed E-state index contributed by atoms with van der Waals surface area (Å²) in [5.74, 6) is -1.33. The fraction of sp³-hybridized carbons (Fsp3) is 0.214. The molecule has 0 bridgehead atoms. The van der Waals surface area contributed by atoms with Crippen LogP contribution in [0.25, 0.3) is 10.9 Å². The van der Waals surface area contributed by atoms with Crippen LogP contribution in [0.15, 0.2) is 36.2 Å². The van der Waals surface area contributed by atoms with Gasteiger partial charge in [-0.2, -0.15) is 5.10 Å². The van der Waals surface area contributed by atoms with Gasteiger partial charge >= 0.3 is 11.9 Å². The van der Waals surface area contributed by atoms with E-state index in [-0.39, 0.29) is 5.70 Å². The Balaban J connectivity index is 2.41. The molecule has 0 spiro atoms. The summed E-state index contributed by atoms with van der Waals surface area (Å²) in [4.78, 5) is 23.1. The first kappa shape index (κ1) is 14.6. The molecule has 0 aliphatic carbocycles. The monoisotopic (exact) mass is 289 g/mol. The Morgan fingerprint density at radius 2 is 2.05 bits per heavy atom. The van der Waals surface area contributed by atoms with Gasteiger partial charge in [0.05, 0.1) is 26.0 Å². The fourth-order valence-electron chi connectivity index (χ4n) is 1.84. The summed E-state index contributed by atoms with van der Waals surface area (Å²) in [7, 11) is 4.26. The number of hydrogen-bond donors (Lipinski definition) is 1. The van der Waals surface area contributed by atoms with E-state index in [1.54, 1.807) is 17.8 Å². The van der Waals surface area contributed by atoms with Crippen molar-refractivity contribution in [2.45, 2.75) is 0 Å². The summed E-state index contributed by atoms with van der Waals surface area (Å²) in [6.45, 7) is 0. The summed E-state index contributed by atoms with van der Waals surface area (Å²) in [6.07, 6.45) is 2.88. The molecular formula is C14H15N3O4. The maximum Gasteiger partial charge on any atom is 0.354 e. The molecule has 0 saturated carbocycles. The predicted octanol–water partition coefficient (Wildman–Crippen LogP) is 1.22. The van der Waals surface area contributed by atoms with Crippen LogP contribution in [-0.2, 0) is 26.1 Å². The molecule has 7 heteroatoms. The Kier molecular flexibility index (Phi) is 4.22. The summed E-state index contributed by atoms with van der Waals surface area (Å²) < 4.78 is 10.8. The number of carbonyl (C=O) groups excluding carboxylic acids is 2. The van der Waals surface area contributed by atoms with E-state index in [1.807, 2.05) is 18.3 Å². The molecule has 0 atom stereocenters. The number of anilines is 1. The van der Waals surface area contributed by atoms with Crippen molar-refractivity contribution in [3.8, 4) is 0 Å². The van der Waals surface area contributed by atoms with Crippen LogP contribution in [-0.4, -0.2) is 35.9 Å². The third-order valence-electron chi connectivity index (χ3n) is 2.79. The van der Waals surface area contributed by atoms with Crippen molar-refractivity contribution in [3.63, 3.8) is 0 Å². The number of rotatable bonds is 4. The molecule has 7 nitrogen and oxygen atoms in total. The highest BCUT2D eigenvalue weighted by atomic mass is 16.5. The minimum atomic E-state index is -0.673. The van der Waals surface area contributed by atoms with Gasteiger partial charge in [0, 0.05) is 18.6 Å². The van der Waals surface area contributed by atoms with Gasteiger partial charge in [-0.25, -0.2) is 9.59 Å². The van der Waals surface area contributed by atoms with Crippen LogP contribution in [0, 0.1) is 0 Å². The number of aryl methyl sites for hydroxylation is 1. The van der Waals surface area contributed by atoms with Gasteiger partial charge in [-0.15, -0.1) is 0 Å². The van der Waals surface area contributed by atoms with Gasteiger partial charge in [0.25, 0.3) is 0 Å². The first-order valence-corrected chi connectivity index (χ1v) is 6.12. The zero-order valence-corrected chi connectivity index (χ0v) is 11.9. The number of fused-ring (bicyclic) bond motifs is 1. The molecule has 0 saturated heterocycles. The van der Waals surface area contributed by atoms with Gasteiger partial charge in [0.15, 0.2) is 0 Å². The molecule has 0 unspecified atom stereocenters. The number of carbonyl (C=O) groups is 2. The van der Waals surface area contributed by atoms with Crippen LogP contribution in [0.3, 0.4) is 0 Å². The molecule has 0 fully saturated rings. The molecule has 1 heterocycles. The van der Waals surface area contributed by atoms with E-state index in [4.69, 9.17) is 0 Å². The normalized spacial score (nSPS) is 11.3. The molecule has 21 heavy (non-hydrogen) atoms. The van der Waals surface area contributed by atoms with E-state index < -0.39 is 11.9 Å². The van der Waals surface area contributed by atoms with E-state index in [0.29, 0.717) is 11.2 Å². The molecule has 1 aromatic heterocycles. The van der Waals surface area contributed by atoms with Gasteiger partial charge in [0.1, 0.15) is 11.2 Å². The van der Waals surface area contributed by atoms with Crippen LogP contribution in [0.5, 0.6) is 0 Å². The van der Waals surface area contributed by atoms with Crippen LogP contribution < -0.4 is 5.32 Å². The Morgan fingerprint density at radius 3 is 2.71 bits per heavy atom. The van der Waals surface area contributed by atoms with Gasteiger partial charge in [0.2, 0.25) is 0 Å². The molecule has 110 valence electrons. The largest absolute Gasteiger partial charge is 0.466 e. The number of aromatic nitrogens is 2. The number of benzene rings is 1. The number of nitrogens with one attached hydrogen (secondary N) is 1. The van der Waals surface area contributed by atoms with Crippen LogP contribution >= 0.6 is 0 Å². The van der Waals surface area contributed by atoms with Crippen molar-refractivity contribution in [1.82, 2.24) is 9.78 Å². The first-order chi connectivity index (χ1) is 10.0. The second-order valence-electron chi connectivity index (χ2n) is 4.24. The Labute approximate surface area is 121 Å². The van der Waals surface area contributed by atoms with Crippen molar-refractivity contribution < 1.29 is 19.1 Å². The molecule has 0 radical (unpaired) electrons. The lowest BCUT2D eigenvalue weighted by molar-refractivity contribution is -0.138. The van der Waals surface area contributed by atoms with Crippen LogP contribution in [0.1, 0.15) is 0 Å². The lowest BCUT2D eigenvalue weighted by atomic mass is 10.2. The number of hydrogen-bond acceptors (Lipinski definition) is 6. The zero-order chi connectivity index (χ0) is 15.4. The average Bonchev–Trinajstić information content (AvgIpc) is 2.86. The average molecular weight is 289 g/mol. The molecular weight excluding hydrogens is 274 g/mol. The summed E-state index contributed by atoms with van der Waals surface area (Å²) in [6, 6.07) is 5.47. The minimum absolute atomic E-state index is 0.0255. The fourth-order valence-corrected chi connectivity index (χ4v) is 1.84. The number of esters is 2. The molecule has 0 aliphatic rings. The molecule has 2 rings (SSSR count). The quantitative estimate of drug-likeness (QED) is 0.673. The smallest absolute Gasteiger partial charge is 0.354 e. The molecule has 1 N–H and O–H groups in total. The number of nitrogens with zero attached hydrogens (tertiary/aromatic N) is 2. The van der Waals surface area contributed by atoms with E-state index in [1.165, 1.54) is 14.2 Å². The Hall–Kier alpha value is -2.83. The van der Waals surface area contributed by atoms with Crippen LogP contribution in [0.4, 0.5) is 5.69 Å². The molecule has 0 aliphatic heterocycles. The van der Waals surface area contributed by atoms with Crippen molar-refractivity contribution in [1.29, 1.82) is 0 Å². The van der Waals surface area contributed by atoms with Gasteiger partial charge in [-0.05, 0) is 6.07 Å². The van der Waals surface area contributed by atoms with Crippen molar-refractivity contribution in [3.05, 3.63) is 36.2 Å². The predicted molar refractivity (Wildman–Crippen MR) is 76.5 cm³/mol. The van der Waals surface area contributed by atoms with Gasteiger partial charge < -0.3 is 14.8 Å². The summed E-state index contributed by atoms with van der Waals surface area (Å²) >= 11 is 0. The van der Waals surface area contributed by atoms with Crippen molar-refractivity contribution in [2.24, 2.45) is 7.05 Å². The zero-order valence-electron chi connectivity index (χ0n) is 11.9. The summed E-state index contributed by atoms with van der Waals surface area (Å²) in [5, 5.41) is 8.08. The molecule has 1 aromatic carbocycles. The van der Waals surface area contributed by atoms with Crippen molar-refractivity contribution >= 4 is 28.5 Å². The van der Waals surface area contributed by atoms with E-state index in [9.17, 15) is 9.59 Å². The highest BCUT2D eigenvalue weighted by molar-refractivity contribution is 6.01. The minimum Gasteiger partial charge on any atom is -0.466 e. The van der Waals surface area contributed by atoms with E-state index in [0.717, 1.165) is 11.5 Å². The lowest BCUT2D eigenvalue weighted by Gasteiger charge is -2.09. The second kappa shape index (κ2) is 6.08. The first-order valence-electron chi connectivity index (χ1n) is 6.12. The third-order valence-corrected chi connectivity index (χ3v) is 2.79. The Bertz CT molecular complexity index is 718. The standard InChI is InChI=1S/C14H15N3O4/c1-17-8-9-5-4-6-10(13(9)16-17)15-11(14(19)21-3)7-12(18)20-2/h4-8,15H,1-3H3/b11-7+. The summed E-state index contributed by atoms with van der Waals surface area (Å²) in [5.41, 5.74) is 1.25. The third kappa shape index (κ3) is 3.19. The van der Waals surface area contributed by atoms with Gasteiger partial charge in [-0.3, -0.25) is 4.68 Å². The SMILES string of the molecule is COC(=O)/C=C(/Nc1cccc2cn(C)nc12)C(=O)OC. The highest BCUT2D eigenvalue weighted by Gasteiger charge is 2.15. The second-order valence-corrected chi connectivity index (χ2v) is 4.24. The van der Waals surface area contributed by atoms with Gasteiger partial charge in [-0.1, -0.05) is 12.1 Å². The van der Waals surface area contributed by atoms with E-state index in [2.05, 4.69) is 19.9 Å². The van der Waals surface area contributed by atoms with Crippen LogP contribution in [0.2, 0.25) is 0 Å². The molecule has 2 aromatic rings. The van der Waals surface area contributed by atoms with E-state index >= 15 is 0 Å². The topological polar surface area (TPSA) is 82.5 Å². The molecule has 0 amide bonds.